The van der Waals surface area contributed by atoms with Gasteiger partial charge in [0.15, 0.2) is 0 Å². The van der Waals surface area contributed by atoms with Crippen LogP contribution in [-0.2, 0) is 11.2 Å². The number of hydrogen-bond acceptors (Lipinski definition) is 7. The lowest BCUT2D eigenvalue weighted by atomic mass is 10.1. The molecule has 4 rings (SSSR count). The molecule has 2 aromatic heterocycles. The SMILES string of the molecule is COC(=O)c1scc2[nH]c(=O)n(-c3cc(OCCc4c(F)cccc4OC)ccc3F)c(=O)c12. The van der Waals surface area contributed by atoms with E-state index in [1.54, 1.807) is 6.07 Å². The van der Waals surface area contributed by atoms with E-state index in [4.69, 9.17) is 9.47 Å². The Balaban J connectivity index is 1.69. The number of halogens is 2. The van der Waals surface area contributed by atoms with Crippen molar-refractivity contribution in [2.75, 3.05) is 20.8 Å². The molecule has 0 aliphatic rings. The van der Waals surface area contributed by atoms with Crippen molar-refractivity contribution >= 4 is 28.2 Å². The number of H-pyrrole nitrogens is 1. The first-order valence-electron chi connectivity index (χ1n) is 9.94. The van der Waals surface area contributed by atoms with Crippen LogP contribution in [0.25, 0.3) is 16.6 Å². The van der Waals surface area contributed by atoms with Gasteiger partial charge in [-0.1, -0.05) is 6.07 Å². The second kappa shape index (κ2) is 9.48. The van der Waals surface area contributed by atoms with E-state index in [0.717, 1.165) is 24.5 Å². The maximum atomic E-state index is 14.7. The van der Waals surface area contributed by atoms with Crippen molar-refractivity contribution in [3.63, 3.8) is 0 Å². The number of hydrogen-bond donors (Lipinski definition) is 1. The molecule has 0 atom stereocenters. The van der Waals surface area contributed by atoms with Gasteiger partial charge in [0.1, 0.15) is 28.0 Å². The van der Waals surface area contributed by atoms with Crippen molar-refractivity contribution in [2.24, 2.45) is 0 Å². The highest BCUT2D eigenvalue weighted by Crippen LogP contribution is 2.25. The van der Waals surface area contributed by atoms with E-state index in [2.05, 4.69) is 9.72 Å². The second-order valence-corrected chi connectivity index (χ2v) is 7.93. The lowest BCUT2D eigenvalue weighted by molar-refractivity contribution is 0.0608. The summed E-state index contributed by atoms with van der Waals surface area (Å²) in [7, 11) is 2.59. The zero-order valence-corrected chi connectivity index (χ0v) is 18.8. The lowest BCUT2D eigenvalue weighted by Gasteiger charge is -2.12. The number of methoxy groups -OCH3 is 2. The number of nitrogens with zero attached hydrogens (tertiary/aromatic N) is 1. The molecule has 0 saturated carbocycles. The van der Waals surface area contributed by atoms with Crippen molar-refractivity contribution in [1.82, 2.24) is 9.55 Å². The van der Waals surface area contributed by atoms with E-state index in [0.29, 0.717) is 15.9 Å². The molecule has 0 aliphatic heterocycles. The van der Waals surface area contributed by atoms with E-state index in [1.165, 1.54) is 36.8 Å². The van der Waals surface area contributed by atoms with Crippen LogP contribution >= 0.6 is 11.3 Å². The van der Waals surface area contributed by atoms with Crippen LogP contribution in [0.2, 0.25) is 0 Å². The van der Waals surface area contributed by atoms with Gasteiger partial charge in [-0.05, 0) is 24.3 Å². The van der Waals surface area contributed by atoms with E-state index in [1.807, 2.05) is 0 Å². The molecule has 1 N–H and O–H groups in total. The highest BCUT2D eigenvalue weighted by molar-refractivity contribution is 7.13. The van der Waals surface area contributed by atoms with Crippen LogP contribution in [0.15, 0.2) is 51.4 Å². The quantitative estimate of drug-likeness (QED) is 0.400. The minimum Gasteiger partial charge on any atom is -0.496 e. The molecule has 0 unspecified atom stereocenters. The van der Waals surface area contributed by atoms with Gasteiger partial charge < -0.3 is 19.2 Å². The number of rotatable bonds is 7. The van der Waals surface area contributed by atoms with Gasteiger partial charge in [-0.2, -0.15) is 0 Å². The van der Waals surface area contributed by atoms with Crippen LogP contribution in [0.1, 0.15) is 15.2 Å². The number of aromatic amines is 1. The summed E-state index contributed by atoms with van der Waals surface area (Å²) < 4.78 is 44.8. The summed E-state index contributed by atoms with van der Waals surface area (Å²) >= 11 is 0.925. The molecule has 34 heavy (non-hydrogen) atoms. The zero-order valence-electron chi connectivity index (χ0n) is 18.0. The van der Waals surface area contributed by atoms with Crippen molar-refractivity contribution in [1.29, 1.82) is 0 Å². The van der Waals surface area contributed by atoms with Crippen LogP contribution in [0, 0.1) is 11.6 Å². The van der Waals surface area contributed by atoms with Crippen LogP contribution in [0.4, 0.5) is 8.78 Å². The third kappa shape index (κ3) is 4.17. The summed E-state index contributed by atoms with van der Waals surface area (Å²) in [4.78, 5) is 40.2. The molecule has 2 aromatic carbocycles. The minimum absolute atomic E-state index is 0.0147. The summed E-state index contributed by atoms with van der Waals surface area (Å²) in [6.07, 6.45) is 0.159. The summed E-state index contributed by atoms with van der Waals surface area (Å²) in [5, 5.41) is 1.34. The number of fused-ring (bicyclic) bond motifs is 1. The molecule has 0 radical (unpaired) electrons. The van der Waals surface area contributed by atoms with Crippen LogP contribution in [0.3, 0.4) is 0 Å². The van der Waals surface area contributed by atoms with Crippen molar-refractivity contribution in [3.05, 3.63) is 84.7 Å². The van der Waals surface area contributed by atoms with Crippen molar-refractivity contribution in [2.45, 2.75) is 6.42 Å². The molecule has 2 heterocycles. The number of aromatic nitrogens is 2. The molecule has 176 valence electrons. The average molecular weight is 488 g/mol. The third-order valence-electron chi connectivity index (χ3n) is 5.10. The minimum atomic E-state index is -0.890. The number of carbonyl (C=O) groups is 1. The summed E-state index contributed by atoms with van der Waals surface area (Å²) in [5.74, 6) is -1.54. The number of thiophene rings is 1. The normalized spacial score (nSPS) is 10.9. The van der Waals surface area contributed by atoms with Crippen LogP contribution in [-0.4, -0.2) is 36.3 Å². The maximum Gasteiger partial charge on any atom is 0.348 e. The third-order valence-corrected chi connectivity index (χ3v) is 6.06. The topological polar surface area (TPSA) is 99.6 Å². The number of carbonyl (C=O) groups excluding carboxylic acids is 1. The monoisotopic (exact) mass is 488 g/mol. The Morgan fingerprint density at radius 2 is 1.91 bits per heavy atom. The Morgan fingerprint density at radius 3 is 2.65 bits per heavy atom. The molecule has 0 spiro atoms. The van der Waals surface area contributed by atoms with Gasteiger partial charge in [0, 0.05) is 23.4 Å². The first-order valence-corrected chi connectivity index (χ1v) is 10.8. The Morgan fingerprint density at radius 1 is 1.12 bits per heavy atom. The van der Waals surface area contributed by atoms with Gasteiger partial charge in [-0.25, -0.2) is 22.9 Å². The molecule has 11 heteroatoms. The van der Waals surface area contributed by atoms with E-state index in [9.17, 15) is 23.2 Å². The van der Waals surface area contributed by atoms with E-state index >= 15 is 0 Å². The summed E-state index contributed by atoms with van der Waals surface area (Å²) in [6.45, 7) is 0.0175. The standard InChI is InChI=1S/C23H18F2N2O6S/c1-31-18-5-3-4-14(24)13(18)8-9-33-12-6-7-15(25)17(10-12)27-21(28)19-16(26-23(27)30)11-34-20(19)22(29)32-2/h3-7,10-11H,8-9H2,1-2H3,(H,26,30). The highest BCUT2D eigenvalue weighted by atomic mass is 32.1. The first kappa shape index (κ1) is 23.2. The number of esters is 1. The van der Waals surface area contributed by atoms with Gasteiger partial charge in [-0.15, -0.1) is 11.3 Å². The van der Waals surface area contributed by atoms with Gasteiger partial charge >= 0.3 is 11.7 Å². The Kier molecular flexibility index (Phi) is 6.46. The molecule has 0 saturated heterocycles. The fourth-order valence-electron chi connectivity index (χ4n) is 3.50. The Bertz CT molecular complexity index is 1510. The van der Waals surface area contributed by atoms with Gasteiger partial charge in [0.05, 0.1) is 37.4 Å². The molecule has 0 fully saturated rings. The van der Waals surface area contributed by atoms with Crippen molar-refractivity contribution in [3.8, 4) is 17.2 Å². The van der Waals surface area contributed by atoms with Crippen LogP contribution < -0.4 is 20.7 Å². The fourth-order valence-corrected chi connectivity index (χ4v) is 4.40. The zero-order chi connectivity index (χ0) is 24.4. The van der Waals surface area contributed by atoms with Crippen LogP contribution in [0.5, 0.6) is 11.5 Å². The van der Waals surface area contributed by atoms with Crippen molar-refractivity contribution < 1.29 is 27.8 Å². The Hall–Kier alpha value is -3.99. The molecule has 0 aliphatic carbocycles. The molecular weight excluding hydrogens is 470 g/mol. The van der Waals surface area contributed by atoms with E-state index < -0.39 is 28.9 Å². The number of ether oxygens (including phenoxy) is 3. The maximum absolute atomic E-state index is 14.7. The lowest BCUT2D eigenvalue weighted by Crippen LogP contribution is -2.34. The van der Waals surface area contributed by atoms with Gasteiger partial charge in [-0.3, -0.25) is 4.79 Å². The predicted molar refractivity (Wildman–Crippen MR) is 121 cm³/mol. The first-order chi connectivity index (χ1) is 16.3. The van der Waals surface area contributed by atoms with E-state index in [-0.39, 0.29) is 40.2 Å². The second-order valence-electron chi connectivity index (χ2n) is 7.05. The molecule has 0 bridgehead atoms. The number of nitrogens with one attached hydrogen (secondary N) is 1. The summed E-state index contributed by atoms with van der Waals surface area (Å²) in [6, 6.07) is 7.99. The number of benzene rings is 2. The molecule has 0 amide bonds. The summed E-state index contributed by atoms with van der Waals surface area (Å²) in [5.41, 5.74) is -1.68. The molecule has 4 aromatic rings. The molecule has 8 nitrogen and oxygen atoms in total. The van der Waals surface area contributed by atoms with Gasteiger partial charge in [0.2, 0.25) is 0 Å². The Labute approximate surface area is 194 Å². The van der Waals surface area contributed by atoms with Gasteiger partial charge in [0.25, 0.3) is 5.56 Å². The predicted octanol–water partition coefficient (Wildman–Crippen LogP) is 3.44. The molecular formula is C23H18F2N2O6S. The highest BCUT2D eigenvalue weighted by Gasteiger charge is 2.21. The largest absolute Gasteiger partial charge is 0.496 e. The fraction of sp³-hybridized carbons (Fsp3) is 0.174. The smallest absolute Gasteiger partial charge is 0.348 e. The average Bonchev–Trinajstić information content (AvgIpc) is 3.25.